The molecule has 10 heavy (non-hydrogen) atoms. The van der Waals surface area contributed by atoms with Gasteiger partial charge in [-0.3, -0.25) is 9.11 Å². The molecular weight excluding hydrogens is 156 g/mol. The van der Waals surface area contributed by atoms with E-state index in [1.165, 1.54) is 6.33 Å². The van der Waals surface area contributed by atoms with Crippen molar-refractivity contribution in [2.24, 2.45) is 0 Å². The summed E-state index contributed by atoms with van der Waals surface area (Å²) in [6.45, 7) is 0. The van der Waals surface area contributed by atoms with Crippen LogP contribution in [0.5, 0.6) is 0 Å². The number of hydrogen-bond donors (Lipinski definition) is 2. The molecule has 2 N–H and O–H groups in total. The molecular formula is C4H6N2O3S. The Labute approximate surface area is 60.3 Å². The molecule has 0 aromatic carbocycles. The molecule has 1 aromatic rings. The van der Waals surface area contributed by atoms with Crippen LogP contribution in [0.3, 0.4) is 0 Å². The molecule has 0 unspecified atom stereocenters. The topological polar surface area (TPSA) is 83.3 Å². The van der Waals surface area contributed by atoms with Gasteiger partial charge in [0.15, 0.2) is 0 Å². The lowest BCUT2D eigenvalue weighted by atomic mass is 10.7. The fraction of sp³-hybridized carbons (Fsp3) is 0. The quantitative estimate of drug-likeness (QED) is 0.531. The third-order valence-corrected chi connectivity index (χ3v) is 0.478. The lowest BCUT2D eigenvalue weighted by Crippen LogP contribution is -1.74. The van der Waals surface area contributed by atoms with E-state index in [0.717, 1.165) is 0 Å². The summed E-state index contributed by atoms with van der Waals surface area (Å²) >= 11 is -2.61. The van der Waals surface area contributed by atoms with E-state index in [1.807, 2.05) is 0 Å². The lowest BCUT2D eigenvalue weighted by molar-refractivity contribution is 0.454. The van der Waals surface area contributed by atoms with Gasteiger partial charge in [-0.05, 0) is 6.07 Å². The summed E-state index contributed by atoms with van der Waals surface area (Å²) in [6.07, 6.45) is 4.88. The van der Waals surface area contributed by atoms with Gasteiger partial charge in [0.1, 0.15) is 6.33 Å². The molecule has 0 atom stereocenters. The van der Waals surface area contributed by atoms with E-state index in [-0.39, 0.29) is 0 Å². The maximum Gasteiger partial charge on any atom is 0.299 e. The Morgan fingerprint density at radius 1 is 1.20 bits per heavy atom. The number of nitrogens with zero attached hydrogens (tertiary/aromatic N) is 2. The van der Waals surface area contributed by atoms with Crippen LogP contribution in [-0.4, -0.2) is 23.3 Å². The summed E-state index contributed by atoms with van der Waals surface area (Å²) < 4.78 is 22.8. The van der Waals surface area contributed by atoms with Crippen molar-refractivity contribution >= 4 is 11.4 Å². The van der Waals surface area contributed by atoms with Crippen LogP contribution in [0.2, 0.25) is 0 Å². The van der Waals surface area contributed by atoms with Gasteiger partial charge in [0.2, 0.25) is 0 Å². The number of rotatable bonds is 0. The molecule has 0 bridgehead atoms. The highest BCUT2D eigenvalue weighted by molar-refractivity contribution is 7.73. The molecule has 0 aliphatic carbocycles. The van der Waals surface area contributed by atoms with E-state index >= 15 is 0 Å². The molecule has 1 heterocycles. The second-order valence-electron chi connectivity index (χ2n) is 1.13. The summed E-state index contributed by atoms with van der Waals surface area (Å²) in [5.41, 5.74) is 0. The van der Waals surface area contributed by atoms with Crippen molar-refractivity contribution < 1.29 is 13.3 Å². The standard InChI is InChI=1S/C4H4N2.H2O3S/c1-2-5-4-6-3-1;1-4(2)3/h1-4H;(H2,1,2,3). The van der Waals surface area contributed by atoms with Gasteiger partial charge in [-0.1, -0.05) is 0 Å². The van der Waals surface area contributed by atoms with Crippen molar-refractivity contribution in [3.63, 3.8) is 0 Å². The second kappa shape index (κ2) is 6.27. The third-order valence-electron chi connectivity index (χ3n) is 0.478. The molecule has 1 aromatic heterocycles. The first-order chi connectivity index (χ1) is 4.73. The van der Waals surface area contributed by atoms with Gasteiger partial charge in [-0.15, -0.1) is 0 Å². The van der Waals surface area contributed by atoms with Gasteiger partial charge in [0.25, 0.3) is 11.4 Å². The first-order valence-corrected chi connectivity index (χ1v) is 3.29. The molecule has 0 aliphatic heterocycles. The predicted octanol–water partition coefficient (Wildman–Crippen LogP) is 0.158. The van der Waals surface area contributed by atoms with Crippen molar-refractivity contribution in [3.05, 3.63) is 24.8 Å². The van der Waals surface area contributed by atoms with Crippen molar-refractivity contribution in [1.82, 2.24) is 9.97 Å². The van der Waals surface area contributed by atoms with Crippen LogP contribution >= 0.6 is 0 Å². The Hall–Kier alpha value is -0.850. The summed E-state index contributed by atoms with van der Waals surface area (Å²) in [5, 5.41) is 0. The summed E-state index contributed by atoms with van der Waals surface area (Å²) in [7, 11) is 0. The SMILES string of the molecule is O=S(O)O.c1cncnc1. The van der Waals surface area contributed by atoms with E-state index in [4.69, 9.17) is 13.3 Å². The highest BCUT2D eigenvalue weighted by atomic mass is 32.2. The van der Waals surface area contributed by atoms with Crippen molar-refractivity contribution in [2.75, 3.05) is 0 Å². The lowest BCUT2D eigenvalue weighted by Gasteiger charge is -1.70. The largest absolute Gasteiger partial charge is 0.299 e. The van der Waals surface area contributed by atoms with E-state index < -0.39 is 11.4 Å². The molecule has 0 amide bonds. The predicted molar refractivity (Wildman–Crippen MR) is 35.4 cm³/mol. The average Bonchev–Trinajstić information content (AvgIpc) is 1.90. The molecule has 0 saturated heterocycles. The van der Waals surface area contributed by atoms with Crippen molar-refractivity contribution in [1.29, 1.82) is 0 Å². The maximum absolute atomic E-state index is 8.67. The first-order valence-electron chi connectivity index (χ1n) is 2.23. The molecule has 0 saturated carbocycles. The van der Waals surface area contributed by atoms with Crippen molar-refractivity contribution in [3.8, 4) is 0 Å². The number of hydrogen-bond acceptors (Lipinski definition) is 3. The smallest absolute Gasteiger partial charge is 0.284 e. The zero-order valence-corrected chi connectivity index (χ0v) is 5.73. The van der Waals surface area contributed by atoms with E-state index in [1.54, 1.807) is 18.5 Å². The van der Waals surface area contributed by atoms with Crippen LogP contribution in [-0.2, 0) is 11.4 Å². The minimum absolute atomic E-state index is 1.50. The van der Waals surface area contributed by atoms with Gasteiger partial charge < -0.3 is 0 Å². The van der Waals surface area contributed by atoms with Crippen LogP contribution in [0.25, 0.3) is 0 Å². The summed E-state index contributed by atoms with van der Waals surface area (Å²) in [5.74, 6) is 0. The van der Waals surface area contributed by atoms with Gasteiger partial charge in [0, 0.05) is 12.4 Å². The highest BCUT2D eigenvalue weighted by Crippen LogP contribution is 1.66. The van der Waals surface area contributed by atoms with E-state index in [2.05, 4.69) is 9.97 Å². The zero-order chi connectivity index (χ0) is 7.82. The van der Waals surface area contributed by atoms with Crippen molar-refractivity contribution in [2.45, 2.75) is 0 Å². The van der Waals surface area contributed by atoms with Crippen LogP contribution in [0.1, 0.15) is 0 Å². The Morgan fingerprint density at radius 3 is 1.70 bits per heavy atom. The van der Waals surface area contributed by atoms with Gasteiger partial charge in [0.05, 0.1) is 0 Å². The Balaban J connectivity index is 0.000000180. The van der Waals surface area contributed by atoms with E-state index in [0.29, 0.717) is 0 Å². The molecule has 6 heteroatoms. The number of aromatic nitrogens is 2. The fourth-order valence-corrected chi connectivity index (χ4v) is 0.253. The second-order valence-corrected chi connectivity index (χ2v) is 1.60. The minimum atomic E-state index is -2.61. The third kappa shape index (κ3) is 10.2. The molecule has 0 fully saturated rings. The molecule has 56 valence electrons. The first kappa shape index (κ1) is 9.15. The fourth-order valence-electron chi connectivity index (χ4n) is 0.253. The highest BCUT2D eigenvalue weighted by Gasteiger charge is 1.62. The molecule has 0 radical (unpaired) electrons. The monoisotopic (exact) mass is 162 g/mol. The van der Waals surface area contributed by atoms with Crippen LogP contribution in [0.15, 0.2) is 24.8 Å². The summed E-state index contributed by atoms with van der Waals surface area (Å²) in [6, 6.07) is 1.78. The van der Waals surface area contributed by atoms with Crippen LogP contribution < -0.4 is 0 Å². The molecule has 0 aliphatic rings. The molecule has 0 spiro atoms. The van der Waals surface area contributed by atoms with Crippen LogP contribution in [0, 0.1) is 0 Å². The normalized spacial score (nSPS) is 8.30. The van der Waals surface area contributed by atoms with Gasteiger partial charge in [-0.2, -0.15) is 4.21 Å². The van der Waals surface area contributed by atoms with Gasteiger partial charge >= 0.3 is 0 Å². The van der Waals surface area contributed by atoms with E-state index in [9.17, 15) is 0 Å². The Morgan fingerprint density at radius 2 is 1.60 bits per heavy atom. The average molecular weight is 162 g/mol. The molecule has 1 rings (SSSR count). The zero-order valence-electron chi connectivity index (χ0n) is 4.91. The Kier molecular flexibility index (Phi) is 5.74. The maximum atomic E-state index is 8.67. The van der Waals surface area contributed by atoms with Crippen LogP contribution in [0.4, 0.5) is 0 Å². The van der Waals surface area contributed by atoms with Gasteiger partial charge in [-0.25, -0.2) is 9.97 Å². The molecule has 5 nitrogen and oxygen atoms in total. The Bertz CT molecular complexity index is 150. The summed E-state index contributed by atoms with van der Waals surface area (Å²) in [4.78, 5) is 7.35. The minimum Gasteiger partial charge on any atom is -0.284 e.